The summed E-state index contributed by atoms with van der Waals surface area (Å²) in [6.45, 7) is 5.92. The first-order chi connectivity index (χ1) is 13.2. The van der Waals surface area contributed by atoms with E-state index < -0.39 is 10.9 Å². The highest BCUT2D eigenvalue weighted by atomic mass is 16.6. The van der Waals surface area contributed by atoms with Crippen molar-refractivity contribution in [3.63, 3.8) is 0 Å². The first-order valence-corrected chi connectivity index (χ1v) is 8.63. The molecule has 0 bridgehead atoms. The van der Waals surface area contributed by atoms with Crippen LogP contribution in [-0.4, -0.2) is 24.6 Å². The number of nitro groups is 1. The lowest BCUT2D eigenvalue weighted by atomic mass is 9.86. The molecule has 0 aliphatic heterocycles. The molecule has 0 aliphatic rings. The molecule has 148 valence electrons. The van der Waals surface area contributed by atoms with Gasteiger partial charge in [0.15, 0.2) is 18.1 Å². The number of benzene rings is 2. The molecule has 2 aromatic rings. The average Bonchev–Trinajstić information content (AvgIpc) is 2.65. The van der Waals surface area contributed by atoms with Gasteiger partial charge in [-0.1, -0.05) is 45.0 Å². The number of para-hydroxylation sites is 1. The molecule has 2 aromatic carbocycles. The minimum atomic E-state index is -0.587. The Morgan fingerprint density at radius 3 is 2.46 bits per heavy atom. The number of carbonyl (C=O) groups is 1. The van der Waals surface area contributed by atoms with E-state index in [0.717, 1.165) is 11.8 Å². The number of esters is 1. The lowest BCUT2D eigenvalue weighted by Gasteiger charge is -2.22. The number of nitrogens with zero attached hydrogens (tertiary/aromatic N) is 1. The van der Waals surface area contributed by atoms with E-state index in [-0.39, 0.29) is 23.5 Å². The Morgan fingerprint density at radius 1 is 1.11 bits per heavy atom. The molecule has 0 N–H and O–H groups in total. The van der Waals surface area contributed by atoms with Crippen molar-refractivity contribution < 1.29 is 23.9 Å². The molecule has 0 aromatic heterocycles. The van der Waals surface area contributed by atoms with Gasteiger partial charge in [0.25, 0.3) is 0 Å². The van der Waals surface area contributed by atoms with Gasteiger partial charge in [0, 0.05) is 6.08 Å². The van der Waals surface area contributed by atoms with E-state index in [4.69, 9.17) is 14.2 Å². The summed E-state index contributed by atoms with van der Waals surface area (Å²) in [7, 11) is 1.42. The van der Waals surface area contributed by atoms with Gasteiger partial charge in [0.1, 0.15) is 5.75 Å². The van der Waals surface area contributed by atoms with Gasteiger partial charge in [-0.05, 0) is 34.7 Å². The predicted octanol–water partition coefficient (Wildman–Crippen LogP) is 4.22. The minimum absolute atomic E-state index is 0.128. The Morgan fingerprint density at radius 2 is 1.82 bits per heavy atom. The SMILES string of the molecule is COc1cc(C=C[N+](=O)[O-])ccc1OC(=O)COc1ccccc1C(C)(C)C. The second-order valence-electron chi connectivity index (χ2n) is 7.02. The van der Waals surface area contributed by atoms with Crippen LogP contribution < -0.4 is 14.2 Å². The Bertz CT molecular complexity index is 883. The lowest BCUT2D eigenvalue weighted by Crippen LogP contribution is -2.20. The summed E-state index contributed by atoms with van der Waals surface area (Å²) in [6.07, 6.45) is 2.14. The standard InChI is InChI=1S/C21H23NO6/c1-21(2,3)16-7-5-6-8-17(16)27-14-20(23)28-18-10-9-15(11-12-22(24)25)13-19(18)26-4/h5-13H,14H2,1-4H3. The zero-order chi connectivity index (χ0) is 20.7. The Labute approximate surface area is 163 Å². The number of rotatable bonds is 7. The molecular formula is C21H23NO6. The zero-order valence-corrected chi connectivity index (χ0v) is 16.3. The Hall–Kier alpha value is -3.35. The van der Waals surface area contributed by atoms with Crippen LogP contribution in [0.3, 0.4) is 0 Å². The van der Waals surface area contributed by atoms with Crippen molar-refractivity contribution in [2.45, 2.75) is 26.2 Å². The smallest absolute Gasteiger partial charge is 0.349 e. The maximum absolute atomic E-state index is 12.2. The molecule has 0 spiro atoms. The number of carbonyl (C=O) groups excluding carboxylic acids is 1. The van der Waals surface area contributed by atoms with E-state index in [1.807, 2.05) is 24.3 Å². The van der Waals surface area contributed by atoms with Crippen molar-refractivity contribution in [1.29, 1.82) is 0 Å². The molecule has 0 heterocycles. The van der Waals surface area contributed by atoms with E-state index in [1.165, 1.54) is 19.3 Å². The van der Waals surface area contributed by atoms with Crippen LogP contribution in [0.1, 0.15) is 31.9 Å². The van der Waals surface area contributed by atoms with Crippen LogP contribution in [0.15, 0.2) is 48.7 Å². The molecule has 2 rings (SSSR count). The summed E-state index contributed by atoms with van der Waals surface area (Å²) < 4.78 is 16.2. The summed E-state index contributed by atoms with van der Waals surface area (Å²) >= 11 is 0. The monoisotopic (exact) mass is 385 g/mol. The average molecular weight is 385 g/mol. The Balaban J connectivity index is 2.07. The summed E-state index contributed by atoms with van der Waals surface area (Å²) in [6, 6.07) is 12.2. The number of methoxy groups -OCH3 is 1. The van der Waals surface area contributed by atoms with Gasteiger partial charge in [0.05, 0.1) is 12.0 Å². The maximum Gasteiger partial charge on any atom is 0.349 e. The quantitative estimate of drug-likeness (QED) is 0.307. The summed E-state index contributed by atoms with van der Waals surface area (Å²) in [5, 5.41) is 10.4. The van der Waals surface area contributed by atoms with Crippen LogP contribution >= 0.6 is 0 Å². The molecule has 0 fully saturated rings. The van der Waals surface area contributed by atoms with Crippen LogP contribution in [0.2, 0.25) is 0 Å². The third kappa shape index (κ3) is 5.84. The third-order valence-electron chi connectivity index (χ3n) is 3.84. The fourth-order valence-corrected chi connectivity index (χ4v) is 2.52. The lowest BCUT2D eigenvalue weighted by molar-refractivity contribution is -0.400. The summed E-state index contributed by atoms with van der Waals surface area (Å²) in [5.74, 6) is 0.530. The van der Waals surface area contributed by atoms with Gasteiger partial charge in [0.2, 0.25) is 6.20 Å². The number of hydrogen-bond donors (Lipinski definition) is 0. The van der Waals surface area contributed by atoms with E-state index in [1.54, 1.807) is 12.1 Å². The van der Waals surface area contributed by atoms with Crippen LogP contribution in [0.25, 0.3) is 6.08 Å². The summed E-state index contributed by atoms with van der Waals surface area (Å²) in [5.41, 5.74) is 1.41. The zero-order valence-electron chi connectivity index (χ0n) is 16.3. The first kappa shape index (κ1) is 21.0. The third-order valence-corrected chi connectivity index (χ3v) is 3.84. The van der Waals surface area contributed by atoms with Crippen molar-refractivity contribution in [1.82, 2.24) is 0 Å². The number of ether oxygens (including phenoxy) is 3. The van der Waals surface area contributed by atoms with E-state index >= 15 is 0 Å². The second kappa shape index (κ2) is 9.03. The highest BCUT2D eigenvalue weighted by Gasteiger charge is 2.19. The van der Waals surface area contributed by atoms with Gasteiger partial charge < -0.3 is 14.2 Å². The highest BCUT2D eigenvalue weighted by molar-refractivity contribution is 5.75. The van der Waals surface area contributed by atoms with E-state index in [9.17, 15) is 14.9 Å². The molecule has 0 amide bonds. The van der Waals surface area contributed by atoms with Gasteiger partial charge in [-0.2, -0.15) is 0 Å². The largest absolute Gasteiger partial charge is 0.493 e. The highest BCUT2D eigenvalue weighted by Crippen LogP contribution is 2.31. The fraction of sp³-hybridized carbons (Fsp3) is 0.286. The minimum Gasteiger partial charge on any atom is -0.493 e. The molecule has 7 nitrogen and oxygen atoms in total. The molecule has 0 radical (unpaired) electrons. The Kier molecular flexibility index (Phi) is 6.76. The van der Waals surface area contributed by atoms with Crippen molar-refractivity contribution in [3.05, 3.63) is 69.9 Å². The normalized spacial score (nSPS) is 11.3. The molecule has 0 saturated carbocycles. The summed E-state index contributed by atoms with van der Waals surface area (Å²) in [4.78, 5) is 22.1. The molecule has 0 unspecified atom stereocenters. The van der Waals surface area contributed by atoms with Crippen molar-refractivity contribution in [2.75, 3.05) is 13.7 Å². The number of hydrogen-bond acceptors (Lipinski definition) is 6. The molecule has 7 heteroatoms. The van der Waals surface area contributed by atoms with Crippen molar-refractivity contribution >= 4 is 12.0 Å². The van der Waals surface area contributed by atoms with Gasteiger partial charge in [-0.3, -0.25) is 10.1 Å². The van der Waals surface area contributed by atoms with Gasteiger partial charge >= 0.3 is 5.97 Å². The van der Waals surface area contributed by atoms with Crippen molar-refractivity contribution in [2.24, 2.45) is 0 Å². The van der Waals surface area contributed by atoms with Crippen LogP contribution in [-0.2, 0) is 10.2 Å². The molecule has 28 heavy (non-hydrogen) atoms. The van der Waals surface area contributed by atoms with Crippen LogP contribution in [0.5, 0.6) is 17.2 Å². The topological polar surface area (TPSA) is 87.9 Å². The fourth-order valence-electron chi connectivity index (χ4n) is 2.52. The van der Waals surface area contributed by atoms with E-state index in [2.05, 4.69) is 20.8 Å². The molecular weight excluding hydrogens is 362 g/mol. The van der Waals surface area contributed by atoms with Gasteiger partial charge in [-0.15, -0.1) is 0 Å². The molecule has 0 saturated heterocycles. The second-order valence-corrected chi connectivity index (χ2v) is 7.02. The van der Waals surface area contributed by atoms with Crippen molar-refractivity contribution in [3.8, 4) is 17.2 Å². The predicted molar refractivity (Wildman–Crippen MR) is 105 cm³/mol. The first-order valence-electron chi connectivity index (χ1n) is 8.63. The molecule has 0 atom stereocenters. The van der Waals surface area contributed by atoms with Crippen LogP contribution in [0, 0.1) is 10.1 Å². The molecule has 0 aliphatic carbocycles. The maximum atomic E-state index is 12.2. The van der Waals surface area contributed by atoms with Gasteiger partial charge in [-0.25, -0.2) is 4.79 Å². The van der Waals surface area contributed by atoms with E-state index in [0.29, 0.717) is 11.3 Å². The van der Waals surface area contributed by atoms with Crippen LogP contribution in [0.4, 0.5) is 0 Å².